The molecule has 300 valence electrons. The maximum Gasteiger partial charge on any atom is 0.262 e. The average Bonchev–Trinajstić information content (AvgIpc) is 3.48. The minimum absolute atomic E-state index is 0.0743. The molecule has 1 N–H and O–H groups in total. The lowest BCUT2D eigenvalue weighted by atomic mass is 9.67. The molecule has 5 aliphatic heterocycles. The van der Waals surface area contributed by atoms with Crippen LogP contribution < -0.4 is 19.9 Å². The molecule has 58 heavy (non-hydrogen) atoms. The molecule has 5 heterocycles. The molecule has 0 bridgehead atoms. The molecule has 1 saturated carbocycles. The number of benzene rings is 3. The number of ether oxygens (including phenoxy) is 1. The van der Waals surface area contributed by atoms with E-state index < -0.39 is 29.7 Å². The van der Waals surface area contributed by atoms with Gasteiger partial charge in [-0.15, -0.1) is 0 Å². The highest BCUT2D eigenvalue weighted by Gasteiger charge is 2.46. The monoisotopic (exact) mass is 803 g/mol. The Morgan fingerprint density at radius 2 is 1.47 bits per heavy atom. The summed E-state index contributed by atoms with van der Waals surface area (Å²) in [7, 11) is 0. The van der Waals surface area contributed by atoms with Crippen LogP contribution in [0.15, 0.2) is 60.7 Å². The Morgan fingerprint density at radius 3 is 2.14 bits per heavy atom. The van der Waals surface area contributed by atoms with Crippen molar-refractivity contribution in [2.75, 3.05) is 62.2 Å². The van der Waals surface area contributed by atoms with Crippen LogP contribution in [0.25, 0.3) is 4.85 Å². The van der Waals surface area contributed by atoms with Crippen LogP contribution in [0.3, 0.4) is 0 Å². The van der Waals surface area contributed by atoms with Crippen LogP contribution in [0.2, 0.25) is 5.02 Å². The maximum atomic E-state index is 13.5. The van der Waals surface area contributed by atoms with Crippen molar-refractivity contribution in [3.05, 3.63) is 93.8 Å². The molecule has 5 fully saturated rings. The number of hydrogen-bond donors (Lipinski definition) is 1. The number of anilines is 2. The lowest BCUT2D eigenvalue weighted by Crippen LogP contribution is -2.58. The zero-order valence-electron chi connectivity index (χ0n) is 32.3. The van der Waals surface area contributed by atoms with Crippen LogP contribution >= 0.6 is 11.6 Å². The third-order valence-electron chi connectivity index (χ3n) is 13.2. The van der Waals surface area contributed by atoms with Gasteiger partial charge in [0.2, 0.25) is 17.5 Å². The van der Waals surface area contributed by atoms with Gasteiger partial charge in [-0.1, -0.05) is 17.7 Å². The highest BCUT2D eigenvalue weighted by molar-refractivity contribution is 6.33. The van der Waals surface area contributed by atoms with Crippen LogP contribution in [0, 0.1) is 12.0 Å². The second-order valence-corrected chi connectivity index (χ2v) is 17.1. The minimum Gasteiger partial charge on any atom is -0.490 e. The first-order valence-electron chi connectivity index (χ1n) is 20.4. The molecule has 1 unspecified atom stereocenters. The number of amides is 5. The molecule has 9 rings (SSSR count). The fraction of sp³-hybridized carbons (Fsp3) is 0.455. The SMILES string of the molecule is [C-]#[N+]c1ccc(OC2CCC3(CC2)CN(c2ccc(C(=O)N4CCN(C5CCN(c6ccc7c(c6)C(=O)N(C6CCC(=O)NC6=O)C7=O)CC5)CC4)cc2)C3)cc1Cl. The van der Waals surface area contributed by atoms with Crippen LogP contribution in [0.5, 0.6) is 5.75 Å². The van der Waals surface area contributed by atoms with E-state index in [0.29, 0.717) is 40.8 Å². The van der Waals surface area contributed by atoms with Gasteiger partial charge in [-0.25, -0.2) is 4.85 Å². The van der Waals surface area contributed by atoms with Gasteiger partial charge >= 0.3 is 0 Å². The van der Waals surface area contributed by atoms with Gasteiger partial charge < -0.3 is 19.4 Å². The topological polar surface area (TPSA) is 127 Å². The van der Waals surface area contributed by atoms with E-state index in [-0.39, 0.29) is 30.4 Å². The van der Waals surface area contributed by atoms with Gasteiger partial charge in [0.1, 0.15) is 11.8 Å². The van der Waals surface area contributed by atoms with E-state index in [9.17, 15) is 24.0 Å². The largest absolute Gasteiger partial charge is 0.490 e. The minimum atomic E-state index is -0.978. The zero-order chi connectivity index (χ0) is 40.1. The normalized spacial score (nSPS) is 22.8. The fourth-order valence-electron chi connectivity index (χ4n) is 9.86. The van der Waals surface area contributed by atoms with Crippen LogP contribution in [-0.4, -0.2) is 115 Å². The Balaban J connectivity index is 0.714. The number of halogens is 1. The molecule has 0 aromatic heterocycles. The molecule has 1 atom stereocenters. The summed E-state index contributed by atoms with van der Waals surface area (Å²) in [5.41, 5.74) is 4.08. The highest BCUT2D eigenvalue weighted by Crippen LogP contribution is 2.46. The molecular weight excluding hydrogens is 758 g/mol. The number of carbonyl (C=O) groups is 5. The molecule has 1 spiro atoms. The molecule has 4 saturated heterocycles. The molecule has 3 aromatic rings. The van der Waals surface area contributed by atoms with Crippen LogP contribution in [0.1, 0.15) is 82.4 Å². The van der Waals surface area contributed by atoms with Crippen molar-refractivity contribution >= 4 is 58.2 Å². The molecule has 0 radical (unpaired) electrons. The summed E-state index contributed by atoms with van der Waals surface area (Å²) in [5, 5.41) is 2.67. The van der Waals surface area contributed by atoms with Crippen molar-refractivity contribution < 1.29 is 28.7 Å². The standard InChI is InChI=1S/C44H46ClN7O6/c1-46-37-9-7-33(25-36(37)45)58-32-12-16-44(17-13-32)26-51(27-44)29-4-2-28(3-5-29)41(55)50-22-20-49(21-23-50)30-14-18-48(19-15-30)31-6-8-34-35(24-31)43(57)52(42(34)56)38-10-11-39(53)47-40(38)54/h2-9,24-25,30,32,38H,10-23,26-27H2,(H,47,53,54). The number of fused-ring (bicyclic) bond motifs is 1. The first-order chi connectivity index (χ1) is 28.1. The summed E-state index contributed by atoms with van der Waals surface area (Å²) < 4.78 is 6.21. The van der Waals surface area contributed by atoms with Gasteiger partial charge in [0.25, 0.3) is 17.7 Å². The van der Waals surface area contributed by atoms with E-state index in [1.807, 2.05) is 29.2 Å². The Bertz CT molecular complexity index is 2190. The number of carbonyl (C=O) groups excluding carboxylic acids is 5. The number of imide groups is 2. The lowest BCUT2D eigenvalue weighted by Gasteiger charge is -2.54. The van der Waals surface area contributed by atoms with Crippen molar-refractivity contribution in [1.82, 2.24) is 20.0 Å². The summed E-state index contributed by atoms with van der Waals surface area (Å²) >= 11 is 6.20. The lowest BCUT2D eigenvalue weighted by molar-refractivity contribution is -0.136. The molecule has 6 aliphatic rings. The van der Waals surface area contributed by atoms with Crippen molar-refractivity contribution in [3.8, 4) is 5.75 Å². The number of hydrogen-bond acceptors (Lipinski definition) is 9. The molecular formula is C44H46ClN7O6. The summed E-state index contributed by atoms with van der Waals surface area (Å²) in [4.78, 5) is 77.6. The Morgan fingerprint density at radius 1 is 0.776 bits per heavy atom. The third-order valence-corrected chi connectivity index (χ3v) is 13.5. The predicted molar refractivity (Wildman–Crippen MR) is 218 cm³/mol. The van der Waals surface area contributed by atoms with Crippen molar-refractivity contribution in [2.45, 2.75) is 69.6 Å². The number of rotatable bonds is 7. The summed E-state index contributed by atoms with van der Waals surface area (Å²) in [5.74, 6) is -1.19. The van der Waals surface area contributed by atoms with Gasteiger partial charge in [-0.05, 0) is 99.5 Å². The number of nitrogens with one attached hydrogen (secondary N) is 1. The third kappa shape index (κ3) is 7.17. The first-order valence-corrected chi connectivity index (χ1v) is 20.8. The van der Waals surface area contributed by atoms with Crippen molar-refractivity contribution in [1.29, 1.82) is 0 Å². The Labute approximate surface area is 342 Å². The quantitative estimate of drug-likeness (QED) is 0.242. The van der Waals surface area contributed by atoms with E-state index in [1.165, 1.54) is 0 Å². The van der Waals surface area contributed by atoms with E-state index in [4.69, 9.17) is 22.9 Å². The molecule has 5 amide bonds. The van der Waals surface area contributed by atoms with Crippen LogP contribution in [-0.2, 0) is 9.59 Å². The van der Waals surface area contributed by atoms with Crippen LogP contribution in [0.4, 0.5) is 17.1 Å². The van der Waals surface area contributed by atoms with Gasteiger partial charge in [0.15, 0.2) is 0 Å². The number of piperidine rings is 2. The van der Waals surface area contributed by atoms with Crippen molar-refractivity contribution in [3.63, 3.8) is 0 Å². The zero-order valence-corrected chi connectivity index (χ0v) is 33.1. The van der Waals surface area contributed by atoms with Gasteiger partial charge in [0, 0.05) is 87.2 Å². The molecule has 14 heteroatoms. The Kier molecular flexibility index (Phi) is 10.1. The molecule has 3 aromatic carbocycles. The maximum absolute atomic E-state index is 13.5. The van der Waals surface area contributed by atoms with E-state index in [1.54, 1.807) is 24.3 Å². The number of piperazine rings is 1. The van der Waals surface area contributed by atoms with E-state index >= 15 is 0 Å². The fourth-order valence-corrected chi connectivity index (χ4v) is 10.1. The summed E-state index contributed by atoms with van der Waals surface area (Å²) in [6.07, 6.45) is 6.48. The summed E-state index contributed by atoms with van der Waals surface area (Å²) in [6.45, 7) is 13.8. The summed E-state index contributed by atoms with van der Waals surface area (Å²) in [6, 6.07) is 18.1. The highest BCUT2D eigenvalue weighted by atomic mass is 35.5. The second kappa shape index (κ2) is 15.4. The van der Waals surface area contributed by atoms with E-state index in [0.717, 1.165) is 105 Å². The number of nitrogens with zero attached hydrogens (tertiary/aromatic N) is 6. The average molecular weight is 804 g/mol. The van der Waals surface area contributed by atoms with Gasteiger partial charge in [0.05, 0.1) is 28.8 Å². The molecule has 1 aliphatic carbocycles. The molecule has 13 nitrogen and oxygen atoms in total. The first kappa shape index (κ1) is 38.1. The predicted octanol–water partition coefficient (Wildman–Crippen LogP) is 5.55. The second-order valence-electron chi connectivity index (χ2n) is 16.7. The van der Waals surface area contributed by atoms with Gasteiger partial charge in [-0.2, -0.15) is 0 Å². The van der Waals surface area contributed by atoms with E-state index in [2.05, 4.69) is 37.0 Å². The van der Waals surface area contributed by atoms with Crippen molar-refractivity contribution in [2.24, 2.45) is 5.41 Å². The smallest absolute Gasteiger partial charge is 0.262 e. The van der Waals surface area contributed by atoms with Gasteiger partial charge in [-0.3, -0.25) is 39.1 Å². The Hall–Kier alpha value is -5.45.